The van der Waals surface area contributed by atoms with Crippen LogP contribution in [-0.2, 0) is 19.1 Å². The molecule has 166 valence electrons. The molecule has 7 atom stereocenters. The number of fused-ring (bicyclic) bond motifs is 1. The van der Waals surface area contributed by atoms with Crippen LogP contribution in [0.5, 0.6) is 0 Å². The first kappa shape index (κ1) is 22.8. The van der Waals surface area contributed by atoms with Gasteiger partial charge >= 0.3 is 11.9 Å². The van der Waals surface area contributed by atoms with Crippen LogP contribution in [0.3, 0.4) is 0 Å². The van der Waals surface area contributed by atoms with Crippen LogP contribution in [0.15, 0.2) is 12.2 Å². The summed E-state index contributed by atoms with van der Waals surface area (Å²) in [5.74, 6) is 0.836. The number of carbonyl (C=O) groups is 2. The van der Waals surface area contributed by atoms with E-state index in [1.54, 1.807) is 0 Å². The van der Waals surface area contributed by atoms with Gasteiger partial charge in [-0.15, -0.1) is 0 Å². The van der Waals surface area contributed by atoms with Gasteiger partial charge in [-0.2, -0.15) is 5.26 Å². The lowest BCUT2D eigenvalue weighted by Crippen LogP contribution is -2.51. The van der Waals surface area contributed by atoms with Gasteiger partial charge in [0.15, 0.2) is 0 Å². The van der Waals surface area contributed by atoms with Gasteiger partial charge in [-0.3, -0.25) is 9.59 Å². The first-order chi connectivity index (χ1) is 14.1. The van der Waals surface area contributed by atoms with E-state index in [1.807, 2.05) is 0 Å². The molecule has 0 N–H and O–H groups in total. The maximum absolute atomic E-state index is 11.6. The minimum absolute atomic E-state index is 0.0428. The summed E-state index contributed by atoms with van der Waals surface area (Å²) in [5, 5.41) is 9.67. The maximum atomic E-state index is 11.6. The summed E-state index contributed by atoms with van der Waals surface area (Å²) >= 11 is 0. The van der Waals surface area contributed by atoms with E-state index in [0.717, 1.165) is 38.5 Å². The Morgan fingerprint density at radius 2 is 1.87 bits per heavy atom. The minimum Gasteiger partial charge on any atom is -0.466 e. The van der Waals surface area contributed by atoms with Gasteiger partial charge in [0, 0.05) is 26.2 Å². The van der Waals surface area contributed by atoms with Gasteiger partial charge in [-0.05, 0) is 73.5 Å². The Balaban J connectivity index is 1.89. The lowest BCUT2D eigenvalue weighted by molar-refractivity contribution is -0.161. The SMILES string of the molecule is C=C1CCC2C(CC#N)C(C3(C)CCC(OC(C)=O)CC3COC(C)=O)CCC12C. The zero-order chi connectivity index (χ0) is 22.1. The van der Waals surface area contributed by atoms with Crippen molar-refractivity contribution in [1.82, 2.24) is 0 Å². The van der Waals surface area contributed by atoms with Gasteiger partial charge in [0.2, 0.25) is 0 Å². The third-order valence-electron chi connectivity index (χ3n) is 8.87. The summed E-state index contributed by atoms with van der Waals surface area (Å²) in [6.45, 7) is 12.3. The van der Waals surface area contributed by atoms with Gasteiger partial charge in [-0.25, -0.2) is 0 Å². The molecule has 0 saturated heterocycles. The molecule has 0 aromatic heterocycles. The Kier molecular flexibility index (Phi) is 6.65. The Morgan fingerprint density at radius 1 is 1.13 bits per heavy atom. The summed E-state index contributed by atoms with van der Waals surface area (Å²) in [7, 11) is 0. The van der Waals surface area contributed by atoms with E-state index in [-0.39, 0.29) is 34.8 Å². The summed E-state index contributed by atoms with van der Waals surface area (Å²) in [5.41, 5.74) is 1.46. The quantitative estimate of drug-likeness (QED) is 0.456. The predicted octanol–water partition coefficient (Wildman–Crippen LogP) is 5.20. The van der Waals surface area contributed by atoms with Gasteiger partial charge in [0.1, 0.15) is 6.10 Å². The Bertz CT molecular complexity index is 740. The summed E-state index contributed by atoms with van der Waals surface area (Å²) < 4.78 is 11.0. The smallest absolute Gasteiger partial charge is 0.302 e. The van der Waals surface area contributed by atoms with Crippen molar-refractivity contribution in [2.75, 3.05) is 6.61 Å². The fourth-order valence-corrected chi connectivity index (χ4v) is 7.09. The second kappa shape index (κ2) is 8.73. The van der Waals surface area contributed by atoms with E-state index in [9.17, 15) is 14.9 Å². The molecule has 3 rings (SSSR count). The van der Waals surface area contributed by atoms with Crippen molar-refractivity contribution in [2.24, 2.45) is 34.5 Å². The molecule has 7 unspecified atom stereocenters. The van der Waals surface area contributed by atoms with Crippen LogP contribution in [0.1, 0.15) is 79.1 Å². The highest BCUT2D eigenvalue weighted by molar-refractivity contribution is 5.66. The van der Waals surface area contributed by atoms with Gasteiger partial charge < -0.3 is 9.47 Å². The molecule has 3 saturated carbocycles. The molecule has 3 aliphatic carbocycles. The first-order valence-electron chi connectivity index (χ1n) is 11.5. The van der Waals surface area contributed by atoms with Gasteiger partial charge in [0.05, 0.1) is 12.7 Å². The lowest BCUT2D eigenvalue weighted by Gasteiger charge is -2.56. The molecular formula is C25H37NO4. The maximum Gasteiger partial charge on any atom is 0.302 e. The molecule has 30 heavy (non-hydrogen) atoms. The van der Waals surface area contributed by atoms with E-state index in [0.29, 0.717) is 37.2 Å². The highest BCUT2D eigenvalue weighted by Crippen LogP contribution is 2.64. The van der Waals surface area contributed by atoms with Crippen LogP contribution in [0.4, 0.5) is 0 Å². The van der Waals surface area contributed by atoms with Crippen LogP contribution in [0, 0.1) is 45.8 Å². The molecule has 0 aliphatic heterocycles. The number of carbonyl (C=O) groups excluding carboxylic acids is 2. The van der Waals surface area contributed by atoms with Crippen molar-refractivity contribution in [3.05, 3.63) is 12.2 Å². The summed E-state index contributed by atoms with van der Waals surface area (Å²) in [6.07, 6.45) is 7.30. The Morgan fingerprint density at radius 3 is 2.50 bits per heavy atom. The normalized spacial score (nSPS) is 40.9. The van der Waals surface area contributed by atoms with E-state index < -0.39 is 0 Å². The number of allylic oxidation sites excluding steroid dienone is 1. The van der Waals surface area contributed by atoms with Crippen molar-refractivity contribution in [3.8, 4) is 6.07 Å². The predicted molar refractivity (Wildman–Crippen MR) is 114 cm³/mol. The highest BCUT2D eigenvalue weighted by atomic mass is 16.5. The topological polar surface area (TPSA) is 76.4 Å². The van der Waals surface area contributed by atoms with Gasteiger partial charge in [0.25, 0.3) is 0 Å². The number of hydrogen-bond acceptors (Lipinski definition) is 5. The highest BCUT2D eigenvalue weighted by Gasteiger charge is 2.57. The fourth-order valence-electron chi connectivity index (χ4n) is 7.09. The van der Waals surface area contributed by atoms with Crippen LogP contribution in [0.25, 0.3) is 0 Å². The molecule has 0 aromatic carbocycles. The van der Waals surface area contributed by atoms with Crippen LogP contribution >= 0.6 is 0 Å². The fraction of sp³-hybridized carbons (Fsp3) is 0.800. The van der Waals surface area contributed by atoms with Gasteiger partial charge in [-0.1, -0.05) is 26.0 Å². The molecule has 3 fully saturated rings. The molecule has 3 aliphatic rings. The molecule has 0 bridgehead atoms. The number of rotatable bonds is 5. The summed E-state index contributed by atoms with van der Waals surface area (Å²) in [6, 6.07) is 2.48. The van der Waals surface area contributed by atoms with Crippen molar-refractivity contribution < 1.29 is 19.1 Å². The number of nitriles is 1. The van der Waals surface area contributed by atoms with Crippen LogP contribution < -0.4 is 0 Å². The first-order valence-corrected chi connectivity index (χ1v) is 11.5. The standard InChI is InChI=1S/C25H37NO4/c1-16-6-7-22-21(10-13-26)23(9-12-24(16,22)4)25(5)11-8-20(30-18(3)28)14-19(25)15-29-17(2)27/h19-23H,1,6-12,14-15H2,2-5H3. The van der Waals surface area contributed by atoms with Crippen molar-refractivity contribution >= 4 is 11.9 Å². The van der Waals surface area contributed by atoms with Crippen molar-refractivity contribution in [3.63, 3.8) is 0 Å². The van der Waals surface area contributed by atoms with E-state index >= 15 is 0 Å². The molecular weight excluding hydrogens is 378 g/mol. The zero-order valence-electron chi connectivity index (χ0n) is 19.0. The average Bonchev–Trinajstić information content (AvgIpc) is 2.97. The van der Waals surface area contributed by atoms with E-state index in [4.69, 9.17) is 9.47 Å². The number of ether oxygens (including phenoxy) is 2. The number of hydrogen-bond donors (Lipinski definition) is 0. The molecule has 0 spiro atoms. The molecule has 5 nitrogen and oxygen atoms in total. The zero-order valence-corrected chi connectivity index (χ0v) is 19.0. The molecule has 0 aromatic rings. The largest absolute Gasteiger partial charge is 0.466 e. The Labute approximate surface area is 181 Å². The third kappa shape index (κ3) is 4.15. The second-order valence-electron chi connectivity index (χ2n) is 10.3. The number of esters is 2. The van der Waals surface area contributed by atoms with E-state index in [2.05, 4.69) is 26.5 Å². The third-order valence-corrected chi connectivity index (χ3v) is 8.87. The summed E-state index contributed by atoms with van der Waals surface area (Å²) in [4.78, 5) is 23.1. The average molecular weight is 416 g/mol. The second-order valence-corrected chi connectivity index (χ2v) is 10.3. The Hall–Kier alpha value is -1.83. The van der Waals surface area contributed by atoms with Crippen molar-refractivity contribution in [1.29, 1.82) is 5.26 Å². The molecule has 0 heterocycles. The monoisotopic (exact) mass is 415 g/mol. The van der Waals surface area contributed by atoms with E-state index in [1.165, 1.54) is 19.4 Å². The van der Waals surface area contributed by atoms with Crippen molar-refractivity contribution in [2.45, 2.75) is 85.2 Å². The molecule has 0 amide bonds. The van der Waals surface area contributed by atoms with Crippen LogP contribution in [0.2, 0.25) is 0 Å². The lowest BCUT2D eigenvalue weighted by atomic mass is 9.49. The van der Waals surface area contributed by atoms with Crippen LogP contribution in [-0.4, -0.2) is 24.6 Å². The molecule has 5 heteroatoms. The molecule has 0 radical (unpaired) electrons. The number of nitrogens with zero attached hydrogens (tertiary/aromatic N) is 1. The minimum atomic E-state index is -0.274.